The molecule has 1 aliphatic heterocycles. The maximum atomic E-state index is 12.8. The molecule has 1 fully saturated rings. The van der Waals surface area contributed by atoms with Gasteiger partial charge >= 0.3 is 6.09 Å². The van der Waals surface area contributed by atoms with E-state index < -0.39 is 5.60 Å². The highest BCUT2D eigenvalue weighted by molar-refractivity contribution is 6.05. The molecular weight excluding hydrogens is 440 g/mol. The molecule has 186 valence electrons. The normalized spacial score (nSPS) is 16.9. The van der Waals surface area contributed by atoms with Crippen molar-refractivity contribution in [1.29, 1.82) is 0 Å². The molecule has 1 unspecified atom stereocenters. The van der Waals surface area contributed by atoms with Crippen LogP contribution in [0.25, 0.3) is 16.6 Å². The van der Waals surface area contributed by atoms with E-state index in [1.165, 1.54) is 5.56 Å². The Morgan fingerprint density at radius 2 is 1.74 bits per heavy atom. The number of likely N-dealkylation sites (tertiary alicyclic amines) is 1. The van der Waals surface area contributed by atoms with Crippen LogP contribution in [0.15, 0.2) is 48.7 Å². The molecule has 0 saturated carbocycles. The zero-order valence-corrected chi connectivity index (χ0v) is 21.6. The molecule has 0 radical (unpaired) electrons. The van der Waals surface area contributed by atoms with Gasteiger partial charge in [0.1, 0.15) is 11.1 Å². The van der Waals surface area contributed by atoms with Crippen molar-refractivity contribution in [3.63, 3.8) is 0 Å². The summed E-state index contributed by atoms with van der Waals surface area (Å²) in [4.78, 5) is 27.1. The van der Waals surface area contributed by atoms with Crippen molar-refractivity contribution >= 4 is 22.9 Å². The molecule has 7 nitrogen and oxygen atoms in total. The molecule has 7 heteroatoms. The molecular formula is C28H36N4O3. The SMILES string of the molecule is CC(C)(C)NC(=O)c1cccc2cn(-c3ccc(C4CCCN(C(=O)OC(C)(C)C)C4)cc3)nc12. The van der Waals surface area contributed by atoms with E-state index in [4.69, 9.17) is 9.84 Å². The number of nitrogens with zero attached hydrogens (tertiary/aromatic N) is 3. The van der Waals surface area contributed by atoms with Gasteiger partial charge in [-0.1, -0.05) is 24.3 Å². The average molecular weight is 477 g/mol. The number of fused-ring (bicyclic) bond motifs is 1. The second kappa shape index (κ2) is 9.36. The minimum Gasteiger partial charge on any atom is -0.444 e. The fourth-order valence-electron chi connectivity index (χ4n) is 4.41. The predicted molar refractivity (Wildman–Crippen MR) is 138 cm³/mol. The van der Waals surface area contributed by atoms with Crippen LogP contribution in [-0.4, -0.2) is 50.9 Å². The average Bonchev–Trinajstić information content (AvgIpc) is 3.21. The van der Waals surface area contributed by atoms with Crippen LogP contribution in [-0.2, 0) is 4.74 Å². The van der Waals surface area contributed by atoms with Crippen molar-refractivity contribution in [2.24, 2.45) is 0 Å². The van der Waals surface area contributed by atoms with Crippen LogP contribution < -0.4 is 5.32 Å². The molecule has 1 aromatic heterocycles. The lowest BCUT2D eigenvalue weighted by atomic mass is 9.91. The fourth-order valence-corrected chi connectivity index (χ4v) is 4.41. The molecule has 1 saturated heterocycles. The number of benzene rings is 2. The van der Waals surface area contributed by atoms with E-state index in [-0.39, 0.29) is 23.5 Å². The summed E-state index contributed by atoms with van der Waals surface area (Å²) in [6.07, 6.45) is 3.70. The summed E-state index contributed by atoms with van der Waals surface area (Å²) in [6, 6.07) is 14.0. The Labute approximate surface area is 207 Å². The summed E-state index contributed by atoms with van der Waals surface area (Å²) in [7, 11) is 0. The molecule has 0 spiro atoms. The third-order valence-electron chi connectivity index (χ3n) is 5.97. The first kappa shape index (κ1) is 24.8. The van der Waals surface area contributed by atoms with Crippen molar-refractivity contribution < 1.29 is 14.3 Å². The largest absolute Gasteiger partial charge is 0.444 e. The van der Waals surface area contributed by atoms with E-state index in [1.807, 2.05) is 87.7 Å². The smallest absolute Gasteiger partial charge is 0.410 e. The van der Waals surface area contributed by atoms with E-state index in [9.17, 15) is 9.59 Å². The third kappa shape index (κ3) is 6.02. The Bertz CT molecular complexity index is 1220. The van der Waals surface area contributed by atoms with E-state index >= 15 is 0 Å². The number of carbonyl (C=O) groups is 2. The first-order valence-electron chi connectivity index (χ1n) is 12.3. The molecule has 0 aliphatic carbocycles. The lowest BCUT2D eigenvalue weighted by molar-refractivity contribution is 0.0198. The van der Waals surface area contributed by atoms with Crippen LogP contribution in [0.5, 0.6) is 0 Å². The molecule has 35 heavy (non-hydrogen) atoms. The standard InChI is InChI=1S/C28H36N4O3/c1-27(2,3)29-25(33)23-11-7-9-21-18-32(30-24(21)23)22-14-12-19(13-15-22)20-10-8-16-31(17-20)26(34)35-28(4,5)6/h7,9,11-15,18,20H,8,10,16-17H2,1-6H3,(H,29,33). The van der Waals surface area contributed by atoms with Crippen LogP contribution in [0.4, 0.5) is 4.79 Å². The van der Waals surface area contributed by atoms with Gasteiger partial charge in [-0.25, -0.2) is 9.48 Å². The van der Waals surface area contributed by atoms with Crippen molar-refractivity contribution in [1.82, 2.24) is 20.0 Å². The first-order chi connectivity index (χ1) is 16.4. The quantitative estimate of drug-likeness (QED) is 0.529. The summed E-state index contributed by atoms with van der Waals surface area (Å²) in [5, 5.41) is 8.66. The van der Waals surface area contributed by atoms with Crippen molar-refractivity contribution in [3.05, 3.63) is 59.8 Å². The van der Waals surface area contributed by atoms with Crippen molar-refractivity contribution in [3.8, 4) is 5.69 Å². The third-order valence-corrected chi connectivity index (χ3v) is 5.97. The molecule has 1 aliphatic rings. The zero-order valence-electron chi connectivity index (χ0n) is 21.6. The number of hydrogen-bond donors (Lipinski definition) is 1. The first-order valence-corrected chi connectivity index (χ1v) is 12.3. The summed E-state index contributed by atoms with van der Waals surface area (Å²) in [5.74, 6) is 0.144. The van der Waals surface area contributed by atoms with Gasteiger partial charge < -0.3 is 15.0 Å². The highest BCUT2D eigenvalue weighted by Gasteiger charge is 2.28. The number of aromatic nitrogens is 2. The number of nitrogens with one attached hydrogen (secondary N) is 1. The van der Waals surface area contributed by atoms with Gasteiger partial charge in [0, 0.05) is 36.1 Å². The van der Waals surface area contributed by atoms with E-state index in [0.29, 0.717) is 17.6 Å². The van der Waals surface area contributed by atoms with Gasteiger partial charge in [0.15, 0.2) is 0 Å². The fraction of sp³-hybridized carbons (Fsp3) is 0.464. The summed E-state index contributed by atoms with van der Waals surface area (Å²) in [5.41, 5.74) is 2.55. The lowest BCUT2D eigenvalue weighted by Crippen LogP contribution is -2.42. The van der Waals surface area contributed by atoms with Gasteiger partial charge in [-0.3, -0.25) is 4.79 Å². The summed E-state index contributed by atoms with van der Waals surface area (Å²) in [6.45, 7) is 13.0. The lowest BCUT2D eigenvalue weighted by Gasteiger charge is -2.34. The monoisotopic (exact) mass is 476 g/mol. The highest BCUT2D eigenvalue weighted by atomic mass is 16.6. The number of piperidine rings is 1. The Morgan fingerprint density at radius 1 is 1.03 bits per heavy atom. The molecule has 2 amide bonds. The van der Waals surface area contributed by atoms with Crippen molar-refractivity contribution in [2.75, 3.05) is 13.1 Å². The number of amides is 2. The van der Waals surface area contributed by atoms with Gasteiger partial charge in [0.05, 0.1) is 11.3 Å². The van der Waals surface area contributed by atoms with Gasteiger partial charge in [-0.2, -0.15) is 5.10 Å². The van der Waals surface area contributed by atoms with E-state index in [1.54, 1.807) is 0 Å². The maximum Gasteiger partial charge on any atom is 0.410 e. The van der Waals surface area contributed by atoms with Crippen molar-refractivity contribution in [2.45, 2.75) is 71.4 Å². The van der Waals surface area contributed by atoms with Crippen LogP contribution in [0.2, 0.25) is 0 Å². The Hall–Kier alpha value is -3.35. The van der Waals surface area contributed by atoms with Gasteiger partial charge in [0.25, 0.3) is 5.91 Å². The molecule has 3 aromatic rings. The molecule has 0 bridgehead atoms. The molecule has 2 heterocycles. The number of hydrogen-bond acceptors (Lipinski definition) is 4. The van der Waals surface area contributed by atoms with Crippen LogP contribution in [0.3, 0.4) is 0 Å². The summed E-state index contributed by atoms with van der Waals surface area (Å²) < 4.78 is 7.38. The number of rotatable bonds is 3. The number of ether oxygens (including phenoxy) is 1. The van der Waals surface area contributed by atoms with E-state index in [0.717, 1.165) is 30.5 Å². The predicted octanol–water partition coefficient (Wildman–Crippen LogP) is 5.67. The van der Waals surface area contributed by atoms with Gasteiger partial charge in [-0.05, 0) is 78.1 Å². The topological polar surface area (TPSA) is 76.5 Å². The van der Waals surface area contributed by atoms with Crippen LogP contribution >= 0.6 is 0 Å². The van der Waals surface area contributed by atoms with Gasteiger partial charge in [0.2, 0.25) is 0 Å². The second-order valence-corrected chi connectivity index (χ2v) is 11.4. The Morgan fingerprint density at radius 3 is 2.40 bits per heavy atom. The summed E-state index contributed by atoms with van der Waals surface area (Å²) >= 11 is 0. The Kier molecular flexibility index (Phi) is 6.62. The minimum atomic E-state index is -0.494. The molecule has 1 atom stereocenters. The maximum absolute atomic E-state index is 12.8. The number of carbonyl (C=O) groups excluding carboxylic acids is 2. The minimum absolute atomic E-state index is 0.129. The highest BCUT2D eigenvalue weighted by Crippen LogP contribution is 2.29. The second-order valence-electron chi connectivity index (χ2n) is 11.4. The zero-order chi connectivity index (χ0) is 25.4. The molecule has 4 rings (SSSR count). The molecule has 2 aromatic carbocycles. The van der Waals surface area contributed by atoms with E-state index in [2.05, 4.69) is 17.4 Å². The van der Waals surface area contributed by atoms with Crippen LogP contribution in [0, 0.1) is 0 Å². The molecule has 1 N–H and O–H groups in total. The van der Waals surface area contributed by atoms with Gasteiger partial charge in [-0.15, -0.1) is 0 Å². The van der Waals surface area contributed by atoms with Crippen LogP contribution in [0.1, 0.15) is 76.2 Å². The Balaban J connectivity index is 1.52.